The van der Waals surface area contributed by atoms with E-state index in [4.69, 9.17) is 9.15 Å². The van der Waals surface area contributed by atoms with Gasteiger partial charge in [-0.1, -0.05) is 24.3 Å². The minimum atomic E-state index is -0.486. The summed E-state index contributed by atoms with van der Waals surface area (Å²) in [5.41, 5.74) is 4.48. The van der Waals surface area contributed by atoms with Gasteiger partial charge in [-0.25, -0.2) is 4.39 Å². The number of nitrogens with zero attached hydrogens (tertiary/aromatic N) is 5. The molecule has 50 heavy (non-hydrogen) atoms. The number of rotatable bonds is 9. The molecule has 6 aromatic rings. The molecule has 0 atom stereocenters. The molecule has 0 bridgehead atoms. The Bertz CT molecular complexity index is 2230. The smallest absolute Gasteiger partial charge is 0.209 e. The lowest BCUT2D eigenvalue weighted by molar-refractivity contribution is -0.116. The number of likely N-dealkylation sites (N-methyl/N-ethyl adjacent to an activating group) is 2. The number of carbonyl (C=O) groups excluding carboxylic acids is 1. The van der Waals surface area contributed by atoms with Crippen molar-refractivity contribution in [3.63, 3.8) is 0 Å². The molecule has 1 N–H and O–H groups in total. The van der Waals surface area contributed by atoms with Gasteiger partial charge in [0, 0.05) is 93.2 Å². The first kappa shape index (κ1) is 33.2. The van der Waals surface area contributed by atoms with Gasteiger partial charge < -0.3 is 33.7 Å². The van der Waals surface area contributed by atoms with Crippen molar-refractivity contribution < 1.29 is 18.3 Å². The van der Waals surface area contributed by atoms with Crippen LogP contribution in [-0.2, 0) is 11.2 Å². The maximum Gasteiger partial charge on any atom is 0.209 e. The molecule has 1 fully saturated rings. The highest BCUT2D eigenvalue weighted by molar-refractivity contribution is 6.07. The first-order valence-electron chi connectivity index (χ1n) is 17.0. The number of hydrogen-bond donors (Lipinski definition) is 1. The van der Waals surface area contributed by atoms with Crippen molar-refractivity contribution in [2.75, 3.05) is 65.2 Å². The minimum absolute atomic E-state index is 0.199. The summed E-state index contributed by atoms with van der Waals surface area (Å²) in [6, 6.07) is 18.9. The first-order valence-corrected chi connectivity index (χ1v) is 17.0. The van der Waals surface area contributed by atoms with Crippen molar-refractivity contribution in [3.05, 3.63) is 100 Å². The molecule has 2 aliphatic heterocycles. The molecule has 0 radical (unpaired) electrons. The van der Waals surface area contributed by atoms with Crippen LogP contribution in [0.1, 0.15) is 17.7 Å². The Hall–Kier alpha value is -5.26. The van der Waals surface area contributed by atoms with Crippen molar-refractivity contribution in [3.8, 4) is 17.2 Å². The van der Waals surface area contributed by atoms with Gasteiger partial charge in [-0.3, -0.25) is 14.6 Å². The summed E-state index contributed by atoms with van der Waals surface area (Å²) in [6.07, 6.45) is 6.08. The molecule has 11 heteroatoms. The van der Waals surface area contributed by atoms with E-state index >= 15 is 4.39 Å². The number of halogens is 1. The largest absolute Gasteiger partial charge is 0.456 e. The van der Waals surface area contributed by atoms with Gasteiger partial charge in [-0.2, -0.15) is 0 Å². The third-order valence-corrected chi connectivity index (χ3v) is 9.48. The zero-order chi connectivity index (χ0) is 34.8. The van der Waals surface area contributed by atoms with Gasteiger partial charge in [0.1, 0.15) is 22.4 Å². The molecular formula is C39H41FN6O4. The molecule has 1 amide bonds. The van der Waals surface area contributed by atoms with Gasteiger partial charge in [0.2, 0.25) is 6.41 Å². The molecule has 5 heterocycles. The van der Waals surface area contributed by atoms with Gasteiger partial charge in [-0.15, -0.1) is 0 Å². The molecule has 3 aromatic carbocycles. The number of para-hydroxylation sites is 1. The van der Waals surface area contributed by atoms with E-state index in [2.05, 4.69) is 27.1 Å². The predicted octanol–water partition coefficient (Wildman–Crippen LogP) is 6.21. The summed E-state index contributed by atoms with van der Waals surface area (Å²) in [4.78, 5) is 33.8. The van der Waals surface area contributed by atoms with Crippen LogP contribution in [0.4, 0.5) is 10.1 Å². The molecule has 0 unspecified atom stereocenters. The van der Waals surface area contributed by atoms with Crippen LogP contribution >= 0.6 is 0 Å². The van der Waals surface area contributed by atoms with Gasteiger partial charge in [0.25, 0.3) is 0 Å². The first-order chi connectivity index (χ1) is 24.3. The van der Waals surface area contributed by atoms with Gasteiger partial charge >= 0.3 is 0 Å². The summed E-state index contributed by atoms with van der Waals surface area (Å²) in [5.74, 6) is 0.447. The Balaban J connectivity index is 0.000000279. The second kappa shape index (κ2) is 14.3. The number of pyridine rings is 2. The number of nitrogens with one attached hydrogen (secondary N) is 1. The van der Waals surface area contributed by atoms with Gasteiger partial charge in [0.05, 0.1) is 11.1 Å². The maximum atomic E-state index is 15.5. The highest BCUT2D eigenvalue weighted by Gasteiger charge is 2.28. The summed E-state index contributed by atoms with van der Waals surface area (Å²) in [5, 5.41) is 5.51. The van der Waals surface area contributed by atoms with E-state index in [0.717, 1.165) is 91.8 Å². The molecule has 258 valence electrons. The van der Waals surface area contributed by atoms with E-state index < -0.39 is 5.82 Å². The van der Waals surface area contributed by atoms with E-state index in [1.165, 1.54) is 6.07 Å². The van der Waals surface area contributed by atoms with E-state index in [9.17, 15) is 9.59 Å². The fourth-order valence-electron chi connectivity index (χ4n) is 6.61. The molecule has 8 rings (SSSR count). The summed E-state index contributed by atoms with van der Waals surface area (Å²) < 4.78 is 30.0. The molecule has 0 spiro atoms. The average Bonchev–Trinajstić information content (AvgIpc) is 3.50. The summed E-state index contributed by atoms with van der Waals surface area (Å²) in [6.45, 7) is 8.26. The molecular weight excluding hydrogens is 635 g/mol. The van der Waals surface area contributed by atoms with Gasteiger partial charge in [-0.05, 0) is 57.3 Å². The van der Waals surface area contributed by atoms with Crippen LogP contribution in [0.25, 0.3) is 38.5 Å². The monoisotopic (exact) mass is 676 g/mol. The molecule has 0 aliphatic carbocycles. The molecule has 0 saturated carbocycles. The number of fused-ring (bicyclic) bond motifs is 5. The molecule has 3 aromatic heterocycles. The Morgan fingerprint density at radius 3 is 2.58 bits per heavy atom. The second-order valence-electron chi connectivity index (χ2n) is 13.1. The number of furan rings is 1. The van der Waals surface area contributed by atoms with Crippen molar-refractivity contribution in [2.45, 2.75) is 19.8 Å². The summed E-state index contributed by atoms with van der Waals surface area (Å²) >= 11 is 0. The Kier molecular flexibility index (Phi) is 9.51. The van der Waals surface area contributed by atoms with Crippen LogP contribution in [0.2, 0.25) is 0 Å². The molecule has 1 saturated heterocycles. The number of amides is 1. The Morgan fingerprint density at radius 2 is 1.80 bits per heavy atom. The Morgan fingerprint density at radius 1 is 1.00 bits per heavy atom. The van der Waals surface area contributed by atoms with E-state index in [1.807, 2.05) is 59.2 Å². The fraction of sp³-hybridized carbons (Fsp3) is 0.308. The number of anilines is 1. The third-order valence-electron chi connectivity index (χ3n) is 9.48. The quantitative estimate of drug-likeness (QED) is 0.143. The van der Waals surface area contributed by atoms with Crippen molar-refractivity contribution >= 4 is 44.9 Å². The molecule has 2 aliphatic rings. The number of aromatic nitrogens is 2. The van der Waals surface area contributed by atoms with Gasteiger partial charge in [0.15, 0.2) is 22.7 Å². The van der Waals surface area contributed by atoms with Crippen LogP contribution < -0.4 is 15.5 Å². The zero-order valence-corrected chi connectivity index (χ0v) is 28.6. The second-order valence-corrected chi connectivity index (χ2v) is 13.1. The molecule has 10 nitrogen and oxygen atoms in total. The van der Waals surface area contributed by atoms with Crippen LogP contribution in [0.15, 0.2) is 82.3 Å². The third kappa shape index (κ3) is 6.66. The lowest BCUT2D eigenvalue weighted by Gasteiger charge is -2.32. The van der Waals surface area contributed by atoms with Crippen LogP contribution in [0, 0.1) is 12.7 Å². The number of piperazine rings is 1. The Labute approximate surface area is 289 Å². The average molecular weight is 677 g/mol. The normalized spacial score (nSPS) is 14.2. The predicted molar refractivity (Wildman–Crippen MR) is 195 cm³/mol. The fourth-order valence-corrected chi connectivity index (χ4v) is 6.61. The highest BCUT2D eigenvalue weighted by atomic mass is 19.1. The minimum Gasteiger partial charge on any atom is -0.456 e. The lowest BCUT2D eigenvalue weighted by atomic mass is 10.1. The topological polar surface area (TPSA) is 96.1 Å². The zero-order valence-electron chi connectivity index (χ0n) is 28.6. The lowest BCUT2D eigenvalue weighted by Crippen LogP contribution is -2.44. The number of hydrogen-bond acceptors (Lipinski definition) is 8. The van der Waals surface area contributed by atoms with Crippen molar-refractivity contribution in [2.24, 2.45) is 0 Å². The maximum absolute atomic E-state index is 15.5. The van der Waals surface area contributed by atoms with Crippen LogP contribution in [0.5, 0.6) is 11.5 Å². The van der Waals surface area contributed by atoms with E-state index in [1.54, 1.807) is 31.3 Å². The highest BCUT2D eigenvalue weighted by Crippen LogP contribution is 2.47. The van der Waals surface area contributed by atoms with E-state index in [0.29, 0.717) is 34.5 Å². The number of ether oxygens (including phenoxy) is 1. The number of benzene rings is 3. The number of aryl methyl sites for hydroxylation is 1. The van der Waals surface area contributed by atoms with Crippen LogP contribution in [-0.4, -0.2) is 90.6 Å². The van der Waals surface area contributed by atoms with Crippen LogP contribution in [0.3, 0.4) is 0 Å². The standard InChI is InChI=1S/C30H29FN4O3.C9H12N2O/c1-18-17-35-23-16-25-20(19-6-3-4-7-24(19)37-25)15-26(23)38-30-27(22(31)14-21(28(30)35)29(18)36)32-8-5-9-34-12-10-33(2)11-13-34;1-11(8-12)7-5-9-4-2-3-6-10-9/h3-4,6-7,14-17,32H,5,8-13H2,1-2H3;2-4,6,8H,5,7H2,1H3. The van der Waals surface area contributed by atoms with E-state index in [-0.39, 0.29) is 11.1 Å². The SMILES string of the molecule is CN(C=O)CCc1ccccn1.Cc1cn2c3c(c(NCCCN4CCN(C)CC4)c(F)cc3c1=O)Oc1cc3c(cc1-2)oc1ccccc13. The summed E-state index contributed by atoms with van der Waals surface area (Å²) in [7, 11) is 3.90. The van der Waals surface area contributed by atoms with Crippen molar-refractivity contribution in [1.82, 2.24) is 24.3 Å². The number of carbonyl (C=O) groups is 1. The van der Waals surface area contributed by atoms with Crippen molar-refractivity contribution in [1.29, 1.82) is 0 Å².